The van der Waals surface area contributed by atoms with Crippen molar-refractivity contribution < 1.29 is 19.4 Å². The van der Waals surface area contributed by atoms with Crippen LogP contribution in [0.4, 0.5) is 0 Å². The first-order valence-corrected chi connectivity index (χ1v) is 9.85. The molecule has 4 heteroatoms. The van der Waals surface area contributed by atoms with E-state index in [0.717, 1.165) is 25.7 Å². The van der Waals surface area contributed by atoms with Gasteiger partial charge in [-0.1, -0.05) is 19.4 Å². The molecule has 0 aromatic heterocycles. The Kier molecular flexibility index (Phi) is 3.00. The maximum atomic E-state index is 12.4. The van der Waals surface area contributed by atoms with Crippen molar-refractivity contribution in [2.75, 3.05) is 0 Å². The lowest BCUT2D eigenvalue weighted by Gasteiger charge is -2.60. The van der Waals surface area contributed by atoms with Crippen molar-refractivity contribution in [1.82, 2.24) is 0 Å². The quantitative estimate of drug-likeness (QED) is 0.743. The molecule has 25 heavy (non-hydrogen) atoms. The summed E-state index contributed by atoms with van der Waals surface area (Å²) in [6.45, 7) is 6.10. The zero-order valence-corrected chi connectivity index (χ0v) is 15.4. The number of Topliss-reactive ketones (excluding diaryl/α,β-unsaturated/α-hetero) is 1. The molecule has 0 aromatic carbocycles. The highest BCUT2D eigenvalue weighted by Crippen LogP contribution is 2.73. The Morgan fingerprint density at radius 3 is 2.80 bits per heavy atom. The van der Waals surface area contributed by atoms with Gasteiger partial charge in [-0.15, -0.1) is 0 Å². The van der Waals surface area contributed by atoms with Gasteiger partial charge in [-0.2, -0.15) is 0 Å². The van der Waals surface area contributed by atoms with E-state index in [1.807, 2.05) is 6.08 Å². The van der Waals surface area contributed by atoms with Crippen LogP contribution in [0.25, 0.3) is 0 Å². The summed E-state index contributed by atoms with van der Waals surface area (Å²) in [7, 11) is 0. The van der Waals surface area contributed by atoms with Crippen molar-refractivity contribution >= 4 is 11.6 Å². The zero-order chi connectivity index (χ0) is 17.8. The molecule has 3 saturated carbocycles. The number of ether oxygens (including phenoxy) is 1. The first-order chi connectivity index (χ1) is 11.7. The molecular weight excluding hydrogens is 316 g/mol. The molecule has 1 aliphatic heterocycles. The molecule has 1 heterocycles. The topological polar surface area (TPSA) is 66.9 Å². The number of fused-ring (bicyclic) bond motifs is 7. The van der Waals surface area contributed by atoms with Gasteiger partial charge in [0.1, 0.15) is 0 Å². The molecule has 4 aliphatic carbocycles. The molecule has 1 saturated heterocycles. The lowest BCUT2D eigenvalue weighted by Crippen LogP contribution is -2.59. The Labute approximate surface area is 149 Å². The highest BCUT2D eigenvalue weighted by Gasteiger charge is 2.80. The molecule has 8 atom stereocenters. The van der Waals surface area contributed by atoms with Crippen molar-refractivity contribution in [1.29, 1.82) is 0 Å². The fourth-order valence-corrected chi connectivity index (χ4v) is 7.75. The third kappa shape index (κ3) is 1.71. The average Bonchev–Trinajstić information content (AvgIpc) is 3.22. The van der Waals surface area contributed by atoms with Crippen LogP contribution in [-0.4, -0.2) is 34.5 Å². The van der Waals surface area contributed by atoms with E-state index in [4.69, 9.17) is 4.74 Å². The van der Waals surface area contributed by atoms with Gasteiger partial charge >= 0.3 is 0 Å². The number of carbonyl (C=O) groups excluding carboxylic acids is 2. The van der Waals surface area contributed by atoms with E-state index in [9.17, 15) is 14.7 Å². The fourth-order valence-electron chi connectivity index (χ4n) is 7.75. The van der Waals surface area contributed by atoms with Gasteiger partial charge < -0.3 is 9.84 Å². The number of hydrogen-bond donors (Lipinski definition) is 1. The summed E-state index contributed by atoms with van der Waals surface area (Å²) in [6, 6.07) is 0. The van der Waals surface area contributed by atoms with E-state index in [-0.39, 0.29) is 34.4 Å². The lowest BCUT2D eigenvalue weighted by molar-refractivity contribution is -0.158. The van der Waals surface area contributed by atoms with Crippen molar-refractivity contribution in [2.45, 2.75) is 77.1 Å². The van der Waals surface area contributed by atoms with Gasteiger partial charge in [-0.3, -0.25) is 9.59 Å². The van der Waals surface area contributed by atoms with Gasteiger partial charge in [0, 0.05) is 11.8 Å². The van der Waals surface area contributed by atoms with E-state index in [2.05, 4.69) is 13.8 Å². The maximum Gasteiger partial charge on any atom is 0.164 e. The number of hydrogen-bond acceptors (Lipinski definition) is 4. The largest absolute Gasteiger partial charge is 0.393 e. The van der Waals surface area contributed by atoms with Crippen LogP contribution in [0.3, 0.4) is 0 Å². The smallest absolute Gasteiger partial charge is 0.164 e. The van der Waals surface area contributed by atoms with Gasteiger partial charge in [-0.05, 0) is 68.3 Å². The van der Waals surface area contributed by atoms with E-state index in [1.54, 1.807) is 6.92 Å². The summed E-state index contributed by atoms with van der Waals surface area (Å²) in [5.41, 5.74) is 0.317. The number of aliphatic hydroxyl groups excluding tert-OH is 1. The molecule has 3 unspecified atom stereocenters. The number of carbonyl (C=O) groups is 2. The summed E-state index contributed by atoms with van der Waals surface area (Å²) in [4.78, 5) is 24.3. The van der Waals surface area contributed by atoms with Crippen molar-refractivity contribution in [3.63, 3.8) is 0 Å². The van der Waals surface area contributed by atoms with Gasteiger partial charge in [0.05, 0.1) is 12.2 Å². The third-order valence-electron chi connectivity index (χ3n) is 8.85. The van der Waals surface area contributed by atoms with Crippen LogP contribution >= 0.6 is 0 Å². The van der Waals surface area contributed by atoms with E-state index < -0.39 is 11.7 Å². The minimum absolute atomic E-state index is 0.0589. The predicted molar refractivity (Wildman–Crippen MR) is 91.8 cm³/mol. The first-order valence-electron chi connectivity index (χ1n) is 9.85. The van der Waals surface area contributed by atoms with Crippen molar-refractivity contribution in [3.05, 3.63) is 11.6 Å². The molecule has 0 amide bonds. The molecular formula is C21H28O4. The Bertz CT molecular complexity index is 711. The molecule has 0 aromatic rings. The monoisotopic (exact) mass is 344 g/mol. The van der Waals surface area contributed by atoms with Crippen LogP contribution in [0.1, 0.15) is 59.3 Å². The molecule has 5 rings (SSSR count). The molecule has 4 fully saturated rings. The standard InChI is InChI=1S/C21H28O4/c1-11(22)21-17(25-21)9-15-14-5-4-12-8-13(23)6-7-19(12,2)18(14)16(24)10-20(15,21)3/h8,14-18,24H,4-7,9-10H2,1-3H3/t14-,15?,16?,17-,18?,19-,20-,21+/m0/s1. The molecule has 0 bridgehead atoms. The Morgan fingerprint density at radius 1 is 1.32 bits per heavy atom. The van der Waals surface area contributed by atoms with Gasteiger partial charge in [0.25, 0.3) is 0 Å². The van der Waals surface area contributed by atoms with Crippen molar-refractivity contribution in [2.24, 2.45) is 28.6 Å². The van der Waals surface area contributed by atoms with E-state index in [0.29, 0.717) is 24.7 Å². The van der Waals surface area contributed by atoms with Gasteiger partial charge in [0.2, 0.25) is 0 Å². The highest BCUT2D eigenvalue weighted by molar-refractivity contribution is 5.92. The normalized spacial score (nSPS) is 56.2. The minimum atomic E-state index is -0.636. The maximum absolute atomic E-state index is 12.4. The molecule has 4 nitrogen and oxygen atoms in total. The summed E-state index contributed by atoms with van der Waals surface area (Å²) in [5, 5.41) is 11.2. The van der Waals surface area contributed by atoms with Crippen LogP contribution in [0.15, 0.2) is 11.6 Å². The minimum Gasteiger partial charge on any atom is -0.393 e. The molecule has 1 N–H and O–H groups in total. The van der Waals surface area contributed by atoms with Crippen molar-refractivity contribution in [3.8, 4) is 0 Å². The Balaban J connectivity index is 1.56. The third-order valence-corrected chi connectivity index (χ3v) is 8.85. The summed E-state index contributed by atoms with van der Waals surface area (Å²) in [5.74, 6) is 1.46. The zero-order valence-electron chi connectivity index (χ0n) is 15.4. The predicted octanol–water partition coefficient (Wildman–Crippen LogP) is 2.83. The first kappa shape index (κ1) is 16.2. The molecule has 5 aliphatic rings. The number of rotatable bonds is 1. The number of ketones is 2. The summed E-state index contributed by atoms with van der Waals surface area (Å²) >= 11 is 0. The SMILES string of the molecule is CC(=O)[C@@]12O[C@H]1CC1[C@@H]3CCC4=CC(=O)CC[C@]4(C)C3C(O)C[C@@]12C. The highest BCUT2D eigenvalue weighted by atomic mass is 16.6. The van der Waals surface area contributed by atoms with Crippen LogP contribution in [-0.2, 0) is 14.3 Å². The van der Waals surface area contributed by atoms with Crippen LogP contribution in [0.5, 0.6) is 0 Å². The van der Waals surface area contributed by atoms with Crippen LogP contribution in [0, 0.1) is 28.6 Å². The van der Waals surface area contributed by atoms with Gasteiger partial charge in [-0.25, -0.2) is 0 Å². The average molecular weight is 344 g/mol. The van der Waals surface area contributed by atoms with Gasteiger partial charge in [0.15, 0.2) is 17.2 Å². The van der Waals surface area contributed by atoms with Crippen LogP contribution < -0.4 is 0 Å². The second kappa shape index (κ2) is 4.64. The fraction of sp³-hybridized carbons (Fsp3) is 0.810. The van der Waals surface area contributed by atoms with E-state index in [1.165, 1.54) is 5.57 Å². The second-order valence-corrected chi connectivity index (χ2v) is 9.71. The lowest BCUT2D eigenvalue weighted by atomic mass is 9.45. The Hall–Kier alpha value is -1.00. The number of aliphatic hydroxyl groups is 1. The molecule has 0 spiro atoms. The second-order valence-electron chi connectivity index (χ2n) is 9.71. The summed E-state index contributed by atoms with van der Waals surface area (Å²) in [6.07, 6.45) is 6.54. The van der Waals surface area contributed by atoms with E-state index >= 15 is 0 Å². The number of allylic oxidation sites excluding steroid dienone is 1. The molecule has 136 valence electrons. The van der Waals surface area contributed by atoms with Crippen LogP contribution in [0.2, 0.25) is 0 Å². The molecule has 0 radical (unpaired) electrons. The summed E-state index contributed by atoms with van der Waals surface area (Å²) < 4.78 is 5.93. The number of epoxide rings is 1. The Morgan fingerprint density at radius 2 is 2.08 bits per heavy atom.